The molecule has 12 unspecified atom stereocenters. The Bertz CT molecular complexity index is 1730. The van der Waals surface area contributed by atoms with E-state index in [0.717, 1.165) is 0 Å². The molecule has 37 heteroatoms. The largest absolute Gasteiger partial charge is 0.469 e. The number of hydrogen-bond donors (Lipinski definition) is 21. The summed E-state index contributed by atoms with van der Waals surface area (Å²) >= 11 is 0. The van der Waals surface area contributed by atoms with Gasteiger partial charge in [0.2, 0.25) is 6.29 Å². The molecule has 0 spiro atoms. The van der Waals surface area contributed by atoms with Crippen LogP contribution in [0.3, 0.4) is 0 Å². The molecular weight excluding hydrogens is 1040 g/mol. The highest BCUT2D eigenvalue weighted by atomic mass is 31.2. The van der Waals surface area contributed by atoms with Gasteiger partial charge in [0, 0.05) is 0 Å². The lowest BCUT2D eigenvalue weighted by Crippen LogP contribution is -2.67. The lowest BCUT2D eigenvalue weighted by atomic mass is 9.96. The quantitative estimate of drug-likeness (QED) is 0.0306. The third-order valence-electron chi connectivity index (χ3n) is 12.8. The molecule has 6 fully saturated rings. The maximum atomic E-state index is 11.5. The van der Waals surface area contributed by atoms with Crippen LogP contribution < -0.4 is 5.90 Å². The van der Waals surface area contributed by atoms with E-state index in [9.17, 15) is 91.4 Å². The first-order valence-electron chi connectivity index (χ1n) is 22.2. The topological polar surface area (TPSA) is 577 Å². The van der Waals surface area contributed by atoms with Crippen LogP contribution in [0.15, 0.2) is 0 Å². The van der Waals surface area contributed by atoms with Gasteiger partial charge in [-0.3, -0.25) is 14.6 Å². The molecule has 0 aromatic rings. The van der Waals surface area contributed by atoms with Gasteiger partial charge in [0.05, 0.1) is 33.0 Å². The SMILES string of the molecule is NO[C@@H]1OC(CO[C@H]2OC(CO[C@H]3OC(CO)[C@@H](O)[C@H](O)C3O[C@@H]3OC(COO)[C@@H](O)[C@H](O)C3O)[C@@H](O)[C@H](O)C2O)[C@@H](O)[C@H](O[C@H]2OC(CO)[C@@H](O)[C@H](O)C2O[C@H]2OC(COP(=O)(O)O)[C@@H](O)[C@H](O)C2O)C1O. The normalized spacial score (nSPS) is 50.2. The van der Waals surface area contributed by atoms with Gasteiger partial charge in [-0.15, -0.1) is 0 Å². The Morgan fingerprint density at radius 3 is 1.19 bits per heavy atom. The summed E-state index contributed by atoms with van der Waals surface area (Å²) in [6.45, 7) is -5.53. The van der Waals surface area contributed by atoms with E-state index >= 15 is 0 Å². The van der Waals surface area contributed by atoms with Crippen LogP contribution in [0, 0.1) is 0 Å². The van der Waals surface area contributed by atoms with E-state index in [1.807, 2.05) is 0 Å². The molecule has 0 aromatic heterocycles. The van der Waals surface area contributed by atoms with Crippen LogP contribution in [-0.4, -0.2) is 326 Å². The number of hydrogen-bond acceptors (Lipinski definition) is 34. The van der Waals surface area contributed by atoms with E-state index in [-0.39, 0.29) is 0 Å². The van der Waals surface area contributed by atoms with Crippen LogP contribution in [0.25, 0.3) is 0 Å². The molecule has 30 atom stereocenters. The summed E-state index contributed by atoms with van der Waals surface area (Å²) in [5.41, 5.74) is 0. The molecule has 0 aliphatic carbocycles. The van der Waals surface area contributed by atoms with Crippen molar-refractivity contribution in [2.75, 3.05) is 39.6 Å². The highest BCUT2D eigenvalue weighted by Crippen LogP contribution is 2.39. The van der Waals surface area contributed by atoms with Crippen molar-refractivity contribution in [3.63, 3.8) is 0 Å². The van der Waals surface area contributed by atoms with Crippen molar-refractivity contribution >= 4 is 7.82 Å². The van der Waals surface area contributed by atoms with Crippen molar-refractivity contribution in [2.45, 2.75) is 184 Å². The number of phosphoric ester groups is 1. The molecule has 6 saturated heterocycles. The molecule has 6 aliphatic rings. The van der Waals surface area contributed by atoms with Gasteiger partial charge < -0.3 is 149 Å². The van der Waals surface area contributed by atoms with E-state index < -0.39 is 232 Å². The minimum absolute atomic E-state index is 0.743. The van der Waals surface area contributed by atoms with Gasteiger partial charge in [-0.25, -0.2) is 15.3 Å². The molecule has 428 valence electrons. The zero-order valence-electron chi connectivity index (χ0n) is 37.7. The van der Waals surface area contributed by atoms with Crippen LogP contribution >= 0.6 is 7.82 Å². The summed E-state index contributed by atoms with van der Waals surface area (Å²) in [5, 5.41) is 190. The van der Waals surface area contributed by atoms with E-state index in [1.165, 1.54) is 0 Å². The number of nitrogens with two attached hydrogens (primary N) is 1. The van der Waals surface area contributed by atoms with Crippen molar-refractivity contribution < 1.29 is 173 Å². The highest BCUT2D eigenvalue weighted by molar-refractivity contribution is 7.46. The van der Waals surface area contributed by atoms with Crippen molar-refractivity contribution in [2.24, 2.45) is 5.90 Å². The zero-order valence-corrected chi connectivity index (χ0v) is 38.6. The summed E-state index contributed by atoms with van der Waals surface area (Å²) in [6.07, 6.45) is -58.8. The van der Waals surface area contributed by atoms with Crippen LogP contribution in [-0.2, 0) is 70.9 Å². The minimum Gasteiger partial charge on any atom is -0.394 e. The predicted molar refractivity (Wildman–Crippen MR) is 215 cm³/mol. The van der Waals surface area contributed by atoms with Gasteiger partial charge in [0.15, 0.2) is 31.5 Å². The van der Waals surface area contributed by atoms with Gasteiger partial charge in [0.1, 0.15) is 153 Å². The highest BCUT2D eigenvalue weighted by Gasteiger charge is 2.56. The second-order valence-electron chi connectivity index (χ2n) is 17.7. The maximum Gasteiger partial charge on any atom is 0.469 e. The Morgan fingerprint density at radius 1 is 0.370 bits per heavy atom. The third-order valence-corrected chi connectivity index (χ3v) is 13.3. The maximum absolute atomic E-state index is 11.5. The van der Waals surface area contributed by atoms with Gasteiger partial charge in [0.25, 0.3) is 0 Å². The summed E-state index contributed by atoms with van der Waals surface area (Å²) in [5.74, 6) is 5.35. The Balaban J connectivity index is 1.14. The monoisotopic (exact) mass is 1100 g/mol. The molecule has 36 nitrogen and oxygen atoms in total. The molecule has 0 radical (unpaired) electrons. The third kappa shape index (κ3) is 13.8. The first-order valence-corrected chi connectivity index (χ1v) is 23.8. The molecule has 22 N–H and O–H groups in total. The fourth-order valence-corrected chi connectivity index (χ4v) is 8.91. The Hall–Kier alpha value is -1.17. The molecule has 0 bridgehead atoms. The summed E-state index contributed by atoms with van der Waals surface area (Å²) in [4.78, 5) is 26.9. The fraction of sp³-hybridized carbons (Fsp3) is 1.00. The smallest absolute Gasteiger partial charge is 0.394 e. The first kappa shape index (κ1) is 61.0. The molecule has 0 amide bonds. The Morgan fingerprint density at radius 2 is 0.726 bits per heavy atom. The van der Waals surface area contributed by atoms with E-state index in [0.29, 0.717) is 0 Å². The number of aliphatic hydroxyl groups is 17. The molecule has 6 heterocycles. The second-order valence-corrected chi connectivity index (χ2v) is 18.9. The van der Waals surface area contributed by atoms with Gasteiger partial charge in [-0.2, -0.15) is 0 Å². The van der Waals surface area contributed by atoms with Crippen LogP contribution in [0.2, 0.25) is 0 Å². The molecular formula is C36H64NO35P. The van der Waals surface area contributed by atoms with Crippen LogP contribution in [0.5, 0.6) is 0 Å². The van der Waals surface area contributed by atoms with Crippen molar-refractivity contribution in [1.29, 1.82) is 0 Å². The molecule has 6 rings (SSSR count). The lowest BCUT2D eigenvalue weighted by Gasteiger charge is -2.48. The van der Waals surface area contributed by atoms with Crippen molar-refractivity contribution in [3.05, 3.63) is 0 Å². The molecule has 0 aromatic carbocycles. The van der Waals surface area contributed by atoms with Crippen molar-refractivity contribution in [1.82, 2.24) is 0 Å². The molecule has 6 aliphatic heterocycles. The Kier molecular flexibility index (Phi) is 21.9. The van der Waals surface area contributed by atoms with E-state index in [2.05, 4.69) is 9.41 Å². The van der Waals surface area contributed by atoms with Gasteiger partial charge in [-0.05, 0) is 0 Å². The molecule has 0 saturated carbocycles. The average Bonchev–Trinajstić information content (AvgIpc) is 3.35. The van der Waals surface area contributed by atoms with E-state index in [4.69, 9.17) is 77.9 Å². The predicted octanol–water partition coefficient (Wildman–Crippen LogP) is -13.6. The first-order chi connectivity index (χ1) is 34.4. The van der Waals surface area contributed by atoms with Gasteiger partial charge >= 0.3 is 7.82 Å². The van der Waals surface area contributed by atoms with Crippen LogP contribution in [0.1, 0.15) is 0 Å². The molecule has 73 heavy (non-hydrogen) atoms. The number of aliphatic hydroxyl groups excluding tert-OH is 17. The van der Waals surface area contributed by atoms with Gasteiger partial charge in [-0.1, -0.05) is 0 Å². The van der Waals surface area contributed by atoms with Crippen molar-refractivity contribution in [3.8, 4) is 0 Å². The van der Waals surface area contributed by atoms with Crippen LogP contribution in [0.4, 0.5) is 0 Å². The summed E-state index contributed by atoms with van der Waals surface area (Å²) < 4.78 is 77.0. The average molecular weight is 1100 g/mol. The van der Waals surface area contributed by atoms with E-state index in [1.54, 1.807) is 0 Å². The number of rotatable bonds is 20. The Labute approximate surface area is 410 Å². The fourth-order valence-electron chi connectivity index (χ4n) is 8.57. The minimum atomic E-state index is -5.18. The number of ether oxygens (including phenoxy) is 11. The summed E-state index contributed by atoms with van der Waals surface area (Å²) in [6, 6.07) is 0. The second kappa shape index (κ2) is 26.2. The summed E-state index contributed by atoms with van der Waals surface area (Å²) in [7, 11) is -5.18. The lowest BCUT2D eigenvalue weighted by molar-refractivity contribution is -0.391. The zero-order chi connectivity index (χ0) is 54.0. The standard InChI is InChI=1S/C36H64NO35P/c37-72-34-27(54)28(69-36-30(23(50)14(41)8(2-39)64-36)71-33-26(53)21(48)17(44)12(67-33)6-62-73(56,57)58)18(45)10(68-34)4-59-31-24(51)19(46)15(42)9(65-31)3-60-35-29(22(49)13(40)7(1-38)63-35)70-32-25(52)20(47)16(43)11(66-32)5-61-55/h7-36,38-55H,1-6,37H2,(H2,56,57,58)/t7?,8?,9?,10?,11?,12?,13-,14-,15-,16-,17-,18-,19+,20+,21+,22+,23+,24?,25?,26?,27?,28+,29?,30?,31+,32+,33-,34+,35+,36-/m1/s1. The number of phosphoric acid groups is 1.